The van der Waals surface area contributed by atoms with Gasteiger partial charge in [-0.15, -0.1) is 0 Å². The van der Waals surface area contributed by atoms with Crippen molar-refractivity contribution in [2.45, 2.75) is 19.2 Å². The van der Waals surface area contributed by atoms with E-state index in [-0.39, 0.29) is 5.69 Å². The Hall–Kier alpha value is -2.72. The second-order valence-corrected chi connectivity index (χ2v) is 5.49. The van der Waals surface area contributed by atoms with Gasteiger partial charge in [0.2, 0.25) is 0 Å². The molecule has 0 fully saturated rings. The maximum absolute atomic E-state index is 12.8. The van der Waals surface area contributed by atoms with Crippen molar-refractivity contribution in [1.29, 1.82) is 5.26 Å². The molecule has 0 bridgehead atoms. The summed E-state index contributed by atoms with van der Waals surface area (Å²) in [5, 5.41) is 10.6. The van der Waals surface area contributed by atoms with Gasteiger partial charge in [0.1, 0.15) is 5.75 Å². The number of ether oxygens (including phenoxy) is 1. The summed E-state index contributed by atoms with van der Waals surface area (Å²) in [6.07, 6.45) is -5.58. The van der Waals surface area contributed by atoms with Gasteiger partial charge in [-0.05, 0) is 49.4 Å². The minimum absolute atomic E-state index is 0.0444. The first-order valence-electron chi connectivity index (χ1n) is 7.05. The van der Waals surface area contributed by atoms with E-state index < -0.39 is 28.8 Å². The van der Waals surface area contributed by atoms with Crippen LogP contribution in [0.4, 0.5) is 18.9 Å². The third-order valence-electron chi connectivity index (χ3n) is 3.20. The van der Waals surface area contributed by atoms with Gasteiger partial charge in [-0.25, -0.2) is 0 Å². The third kappa shape index (κ3) is 4.88. The lowest BCUT2D eigenvalue weighted by atomic mass is 10.2. The van der Waals surface area contributed by atoms with Gasteiger partial charge in [-0.1, -0.05) is 11.6 Å². The number of nitriles is 1. The van der Waals surface area contributed by atoms with Crippen molar-refractivity contribution in [2.24, 2.45) is 0 Å². The molecule has 2 aromatic carbocycles. The van der Waals surface area contributed by atoms with Gasteiger partial charge in [0.25, 0.3) is 5.91 Å². The van der Waals surface area contributed by atoms with Crippen molar-refractivity contribution in [3.8, 4) is 11.8 Å². The van der Waals surface area contributed by atoms with Gasteiger partial charge in [0.05, 0.1) is 22.2 Å². The van der Waals surface area contributed by atoms with Crippen molar-refractivity contribution < 1.29 is 22.7 Å². The number of hydrogen-bond acceptors (Lipinski definition) is 3. The molecule has 0 aliphatic rings. The van der Waals surface area contributed by atoms with E-state index >= 15 is 0 Å². The minimum Gasteiger partial charge on any atom is -0.481 e. The fraction of sp³-hybridized carbons (Fsp3) is 0.176. The Morgan fingerprint density at radius 2 is 1.88 bits per heavy atom. The molecule has 1 amide bonds. The fourth-order valence-electron chi connectivity index (χ4n) is 1.93. The Bertz CT molecular complexity index is 814. The summed E-state index contributed by atoms with van der Waals surface area (Å²) in [6.45, 7) is 1.45. The van der Waals surface area contributed by atoms with E-state index in [0.29, 0.717) is 11.3 Å². The summed E-state index contributed by atoms with van der Waals surface area (Å²) < 4.78 is 43.9. The smallest absolute Gasteiger partial charge is 0.417 e. The first-order chi connectivity index (χ1) is 11.7. The Labute approximate surface area is 146 Å². The zero-order valence-electron chi connectivity index (χ0n) is 12.9. The van der Waals surface area contributed by atoms with E-state index in [1.807, 2.05) is 6.07 Å². The molecule has 130 valence electrons. The predicted octanol–water partition coefficient (Wildman–Crippen LogP) is 4.64. The lowest BCUT2D eigenvalue weighted by Crippen LogP contribution is -2.30. The molecule has 8 heteroatoms. The summed E-state index contributed by atoms with van der Waals surface area (Å²) in [5.41, 5.74) is -0.644. The van der Waals surface area contributed by atoms with Crippen LogP contribution in [0.5, 0.6) is 5.75 Å². The molecule has 4 nitrogen and oxygen atoms in total. The number of rotatable bonds is 4. The van der Waals surface area contributed by atoms with Gasteiger partial charge in [-0.3, -0.25) is 4.79 Å². The zero-order chi connectivity index (χ0) is 18.6. The van der Waals surface area contributed by atoms with E-state index in [0.717, 1.165) is 12.1 Å². The quantitative estimate of drug-likeness (QED) is 0.855. The number of nitrogens with zero attached hydrogens (tertiary/aromatic N) is 1. The van der Waals surface area contributed by atoms with Crippen LogP contribution in [-0.4, -0.2) is 12.0 Å². The van der Waals surface area contributed by atoms with Gasteiger partial charge in [-0.2, -0.15) is 18.4 Å². The highest BCUT2D eigenvalue weighted by molar-refractivity contribution is 6.31. The van der Waals surface area contributed by atoms with Crippen molar-refractivity contribution in [1.82, 2.24) is 0 Å². The van der Waals surface area contributed by atoms with Gasteiger partial charge in [0.15, 0.2) is 6.10 Å². The SMILES string of the molecule is CC(Oc1ccc(C#N)cc1)C(=O)Nc1ccc(Cl)c(C(F)(F)F)c1. The molecule has 0 aromatic heterocycles. The lowest BCUT2D eigenvalue weighted by Gasteiger charge is -2.16. The van der Waals surface area contributed by atoms with Crippen LogP contribution in [0.25, 0.3) is 0 Å². The third-order valence-corrected chi connectivity index (χ3v) is 3.53. The number of nitrogens with one attached hydrogen (secondary N) is 1. The molecule has 2 aromatic rings. The topological polar surface area (TPSA) is 62.1 Å². The zero-order valence-corrected chi connectivity index (χ0v) is 13.7. The normalized spacial score (nSPS) is 12.2. The van der Waals surface area contributed by atoms with Crippen LogP contribution in [0.15, 0.2) is 42.5 Å². The summed E-state index contributed by atoms with van der Waals surface area (Å²) in [5.74, 6) is -0.270. The molecule has 2 rings (SSSR count). The number of carbonyl (C=O) groups is 1. The average molecular weight is 369 g/mol. The summed E-state index contributed by atoms with van der Waals surface area (Å²) >= 11 is 5.53. The highest BCUT2D eigenvalue weighted by Crippen LogP contribution is 2.36. The molecule has 0 aliphatic heterocycles. The molecule has 1 unspecified atom stereocenters. The second-order valence-electron chi connectivity index (χ2n) is 5.08. The lowest BCUT2D eigenvalue weighted by molar-refractivity contribution is -0.137. The van der Waals surface area contributed by atoms with E-state index in [1.165, 1.54) is 37.3 Å². The van der Waals surface area contributed by atoms with Crippen molar-refractivity contribution in [3.05, 3.63) is 58.6 Å². The summed E-state index contributed by atoms with van der Waals surface area (Å²) in [4.78, 5) is 12.1. The number of hydrogen-bond donors (Lipinski definition) is 1. The molecule has 0 spiro atoms. The molecule has 25 heavy (non-hydrogen) atoms. The maximum atomic E-state index is 12.8. The number of amides is 1. The maximum Gasteiger partial charge on any atom is 0.417 e. The Kier molecular flexibility index (Phi) is 5.55. The van der Waals surface area contributed by atoms with E-state index in [1.54, 1.807) is 0 Å². The largest absolute Gasteiger partial charge is 0.481 e. The van der Waals surface area contributed by atoms with Crippen LogP contribution in [0.3, 0.4) is 0 Å². The van der Waals surface area contributed by atoms with Crippen molar-refractivity contribution in [2.75, 3.05) is 5.32 Å². The average Bonchev–Trinajstić information content (AvgIpc) is 2.56. The van der Waals surface area contributed by atoms with Gasteiger partial charge < -0.3 is 10.1 Å². The molecular formula is C17H12ClF3N2O2. The Morgan fingerprint density at radius 3 is 2.44 bits per heavy atom. The predicted molar refractivity (Wildman–Crippen MR) is 86.3 cm³/mol. The number of halogens is 4. The van der Waals surface area contributed by atoms with E-state index in [9.17, 15) is 18.0 Å². The van der Waals surface area contributed by atoms with Crippen LogP contribution >= 0.6 is 11.6 Å². The monoisotopic (exact) mass is 368 g/mol. The summed E-state index contributed by atoms with van der Waals surface area (Å²) in [7, 11) is 0. The first-order valence-corrected chi connectivity index (χ1v) is 7.43. The number of benzene rings is 2. The minimum atomic E-state index is -4.62. The first kappa shape index (κ1) is 18.6. The molecule has 0 radical (unpaired) electrons. The van der Waals surface area contributed by atoms with Crippen molar-refractivity contribution in [3.63, 3.8) is 0 Å². The Balaban J connectivity index is 2.07. The second kappa shape index (κ2) is 7.45. The molecule has 0 saturated heterocycles. The molecule has 0 aliphatic carbocycles. The van der Waals surface area contributed by atoms with Crippen LogP contribution in [0.1, 0.15) is 18.1 Å². The van der Waals surface area contributed by atoms with Crippen LogP contribution in [0, 0.1) is 11.3 Å². The molecular weight excluding hydrogens is 357 g/mol. The number of alkyl halides is 3. The number of anilines is 1. The van der Waals surface area contributed by atoms with Crippen LogP contribution in [0.2, 0.25) is 5.02 Å². The molecule has 1 atom stereocenters. The molecule has 0 heterocycles. The van der Waals surface area contributed by atoms with Gasteiger partial charge >= 0.3 is 6.18 Å². The van der Waals surface area contributed by atoms with Crippen LogP contribution < -0.4 is 10.1 Å². The molecule has 0 saturated carbocycles. The summed E-state index contributed by atoms with van der Waals surface area (Å²) in [6, 6.07) is 11.1. The Morgan fingerprint density at radius 1 is 1.24 bits per heavy atom. The van der Waals surface area contributed by atoms with E-state index in [4.69, 9.17) is 21.6 Å². The van der Waals surface area contributed by atoms with Crippen molar-refractivity contribution >= 4 is 23.2 Å². The van der Waals surface area contributed by atoms with Gasteiger partial charge in [0, 0.05) is 5.69 Å². The highest BCUT2D eigenvalue weighted by atomic mass is 35.5. The molecule has 1 N–H and O–H groups in total. The standard InChI is InChI=1S/C17H12ClF3N2O2/c1-10(25-13-5-2-11(9-22)3-6-13)16(24)23-12-4-7-15(18)14(8-12)17(19,20)21/h2-8,10H,1H3,(H,23,24). The fourth-order valence-corrected chi connectivity index (χ4v) is 2.15. The van der Waals surface area contributed by atoms with Crippen LogP contribution in [-0.2, 0) is 11.0 Å². The number of carbonyl (C=O) groups excluding carboxylic acids is 1. The highest BCUT2D eigenvalue weighted by Gasteiger charge is 2.33. The van der Waals surface area contributed by atoms with E-state index in [2.05, 4.69) is 5.32 Å².